The van der Waals surface area contributed by atoms with E-state index in [1.165, 1.54) is 17.0 Å². The van der Waals surface area contributed by atoms with Crippen LogP contribution in [0.2, 0.25) is 0 Å². The number of piperazine rings is 1. The Hall–Kier alpha value is -4.31. The molecule has 10 heteroatoms. The molecule has 3 aliphatic rings. The molecule has 3 aromatic rings. The van der Waals surface area contributed by atoms with Gasteiger partial charge in [0.1, 0.15) is 29.5 Å². The molecule has 1 N–H and O–H groups in total. The van der Waals surface area contributed by atoms with Gasteiger partial charge in [0.15, 0.2) is 0 Å². The molecule has 42 heavy (non-hydrogen) atoms. The van der Waals surface area contributed by atoms with Gasteiger partial charge in [0, 0.05) is 56.3 Å². The number of halogens is 2. The molecule has 6 rings (SSSR count). The molecule has 3 amide bonds. The summed E-state index contributed by atoms with van der Waals surface area (Å²) < 4.78 is 33.6. The molecular weight excluding hydrogens is 542 g/mol. The number of rotatable bonds is 7. The minimum atomic E-state index is -1.10. The van der Waals surface area contributed by atoms with Gasteiger partial charge in [-0.2, -0.15) is 0 Å². The predicted molar refractivity (Wildman–Crippen MR) is 152 cm³/mol. The molecule has 0 unspecified atom stereocenters. The van der Waals surface area contributed by atoms with Crippen molar-refractivity contribution in [2.75, 3.05) is 31.1 Å². The van der Waals surface area contributed by atoms with Gasteiger partial charge in [0.25, 0.3) is 11.8 Å². The highest BCUT2D eigenvalue weighted by atomic mass is 19.1. The van der Waals surface area contributed by atoms with E-state index in [9.17, 15) is 23.2 Å². The van der Waals surface area contributed by atoms with E-state index >= 15 is 0 Å². The summed E-state index contributed by atoms with van der Waals surface area (Å²) >= 11 is 0. The molecule has 0 spiro atoms. The lowest BCUT2D eigenvalue weighted by molar-refractivity contribution is -0.142. The van der Waals surface area contributed by atoms with Gasteiger partial charge in [-0.15, -0.1) is 0 Å². The van der Waals surface area contributed by atoms with E-state index in [0.29, 0.717) is 36.7 Å². The van der Waals surface area contributed by atoms with Crippen LogP contribution in [-0.4, -0.2) is 59.2 Å². The number of fused-ring (bicyclic) bond motifs is 1. The lowest BCUT2D eigenvalue weighted by Gasteiger charge is -2.39. The lowest BCUT2D eigenvalue weighted by Crippen LogP contribution is -2.61. The van der Waals surface area contributed by atoms with E-state index in [1.807, 2.05) is 23.1 Å². The van der Waals surface area contributed by atoms with Gasteiger partial charge >= 0.3 is 0 Å². The summed E-state index contributed by atoms with van der Waals surface area (Å²) in [5.74, 6) is -1.52. The second-order valence-electron chi connectivity index (χ2n) is 11.3. The third kappa shape index (κ3) is 5.34. The first kappa shape index (κ1) is 27.8. The molecule has 3 heterocycles. The maximum atomic E-state index is 14.2. The summed E-state index contributed by atoms with van der Waals surface area (Å²) in [5.41, 5.74) is 2.72. The fourth-order valence-corrected chi connectivity index (χ4v) is 5.93. The van der Waals surface area contributed by atoms with Crippen molar-refractivity contribution >= 4 is 23.4 Å². The van der Waals surface area contributed by atoms with Crippen molar-refractivity contribution in [3.63, 3.8) is 0 Å². The van der Waals surface area contributed by atoms with Crippen LogP contribution in [0.15, 0.2) is 60.7 Å². The summed E-state index contributed by atoms with van der Waals surface area (Å²) in [4.78, 5) is 43.4. The van der Waals surface area contributed by atoms with Crippen molar-refractivity contribution < 1.29 is 27.9 Å². The molecule has 2 saturated heterocycles. The van der Waals surface area contributed by atoms with Gasteiger partial charge in [-0.05, 0) is 48.7 Å². The topological polar surface area (TPSA) is 82.2 Å². The quantitative estimate of drug-likeness (QED) is 0.430. The van der Waals surface area contributed by atoms with Crippen LogP contribution in [0.3, 0.4) is 0 Å². The molecular formula is C32H32F2N4O4. The molecule has 0 aromatic heterocycles. The molecule has 0 saturated carbocycles. The zero-order chi connectivity index (χ0) is 29.4. The number of nitrogens with zero attached hydrogens (tertiary/aromatic N) is 3. The Balaban J connectivity index is 1.04. The first-order chi connectivity index (χ1) is 20.2. The lowest BCUT2D eigenvalue weighted by atomic mass is 9.89. The van der Waals surface area contributed by atoms with Crippen molar-refractivity contribution in [2.24, 2.45) is 0 Å². The van der Waals surface area contributed by atoms with E-state index in [4.69, 9.17) is 4.74 Å². The van der Waals surface area contributed by atoms with E-state index in [2.05, 4.69) is 22.3 Å². The van der Waals surface area contributed by atoms with Crippen LogP contribution < -0.4 is 15.0 Å². The van der Waals surface area contributed by atoms with Crippen molar-refractivity contribution in [2.45, 2.75) is 45.0 Å². The van der Waals surface area contributed by atoms with E-state index in [1.54, 1.807) is 19.1 Å². The Morgan fingerprint density at radius 3 is 2.38 bits per heavy atom. The normalized spacial score (nSPS) is 21.0. The number of anilines is 1. The SMILES string of the molecule is C[C@@]1(N2Cc3c(OCc4ccc(CN5CCN(c6ccc(F)cc6F)CC5)cc4)cccc3C2=O)CCC(=O)NC1=O. The molecule has 0 radical (unpaired) electrons. The number of carbonyl (C=O) groups excluding carboxylic acids is 3. The smallest absolute Gasteiger partial charge is 0.255 e. The molecule has 0 aliphatic carbocycles. The molecule has 0 bridgehead atoms. The number of ether oxygens (including phenoxy) is 1. The second-order valence-corrected chi connectivity index (χ2v) is 11.3. The van der Waals surface area contributed by atoms with Crippen LogP contribution in [0.1, 0.15) is 46.8 Å². The Morgan fingerprint density at radius 1 is 0.929 bits per heavy atom. The van der Waals surface area contributed by atoms with Crippen LogP contribution in [0.4, 0.5) is 14.5 Å². The number of hydrogen-bond acceptors (Lipinski definition) is 6. The number of nitrogens with one attached hydrogen (secondary N) is 1. The zero-order valence-corrected chi connectivity index (χ0v) is 23.4. The van der Waals surface area contributed by atoms with Gasteiger partial charge < -0.3 is 14.5 Å². The summed E-state index contributed by atoms with van der Waals surface area (Å²) in [6.07, 6.45) is 0.469. The molecule has 8 nitrogen and oxygen atoms in total. The van der Waals surface area contributed by atoms with Gasteiger partial charge in [-0.25, -0.2) is 8.78 Å². The maximum Gasteiger partial charge on any atom is 0.255 e. The Kier molecular flexibility index (Phi) is 7.40. The Labute approximate surface area is 242 Å². The second kappa shape index (κ2) is 11.2. The van der Waals surface area contributed by atoms with Crippen molar-refractivity contribution in [3.8, 4) is 5.75 Å². The number of benzene rings is 3. The predicted octanol–water partition coefficient (Wildman–Crippen LogP) is 4.02. The van der Waals surface area contributed by atoms with Crippen LogP contribution in [0.25, 0.3) is 0 Å². The standard InChI is InChI=1S/C32H32F2N4O4/c1-32(12-11-29(39)35-31(32)41)38-19-25-24(30(38)40)3-2-4-28(25)42-20-22-7-5-21(6-8-22)18-36-13-15-37(16-14-36)27-10-9-23(33)17-26(27)34/h2-10,17H,11-16,18-20H2,1H3,(H,35,39,41)/t32-/m1/s1. The molecule has 3 aliphatic heterocycles. The first-order valence-electron chi connectivity index (χ1n) is 14.1. The number of piperidine rings is 1. The Morgan fingerprint density at radius 2 is 1.67 bits per heavy atom. The van der Waals surface area contributed by atoms with Crippen LogP contribution in [0.5, 0.6) is 5.75 Å². The monoisotopic (exact) mass is 574 g/mol. The van der Waals surface area contributed by atoms with E-state index in [0.717, 1.165) is 42.4 Å². The molecule has 218 valence electrons. The summed E-state index contributed by atoms with van der Waals surface area (Å²) in [6, 6.07) is 17.2. The summed E-state index contributed by atoms with van der Waals surface area (Å²) in [7, 11) is 0. The number of hydrogen-bond donors (Lipinski definition) is 1. The minimum absolute atomic E-state index is 0.188. The van der Waals surface area contributed by atoms with E-state index in [-0.39, 0.29) is 31.2 Å². The van der Waals surface area contributed by atoms with E-state index < -0.39 is 23.1 Å². The third-order valence-corrected chi connectivity index (χ3v) is 8.55. The molecule has 3 aromatic carbocycles. The third-order valence-electron chi connectivity index (χ3n) is 8.55. The highest BCUT2D eigenvalue weighted by Gasteiger charge is 2.49. The van der Waals surface area contributed by atoms with Gasteiger partial charge in [0.2, 0.25) is 5.91 Å². The minimum Gasteiger partial charge on any atom is -0.489 e. The number of imide groups is 1. The highest BCUT2D eigenvalue weighted by Crippen LogP contribution is 2.38. The van der Waals surface area contributed by atoms with Crippen LogP contribution in [-0.2, 0) is 29.3 Å². The molecule has 1 atom stereocenters. The first-order valence-corrected chi connectivity index (χ1v) is 14.1. The fraction of sp³-hybridized carbons (Fsp3) is 0.344. The largest absolute Gasteiger partial charge is 0.489 e. The average Bonchev–Trinajstić information content (AvgIpc) is 3.33. The van der Waals surface area contributed by atoms with Crippen LogP contribution in [0, 0.1) is 11.6 Å². The Bertz CT molecular complexity index is 1540. The van der Waals surface area contributed by atoms with Crippen molar-refractivity contribution in [1.29, 1.82) is 0 Å². The van der Waals surface area contributed by atoms with Crippen molar-refractivity contribution in [1.82, 2.24) is 15.1 Å². The van der Waals surface area contributed by atoms with Gasteiger partial charge in [-0.1, -0.05) is 30.3 Å². The average molecular weight is 575 g/mol. The van der Waals surface area contributed by atoms with Crippen molar-refractivity contribution in [3.05, 3.63) is 94.6 Å². The van der Waals surface area contributed by atoms with Crippen LogP contribution >= 0.6 is 0 Å². The fourth-order valence-electron chi connectivity index (χ4n) is 5.93. The number of carbonyl (C=O) groups is 3. The van der Waals surface area contributed by atoms with Gasteiger partial charge in [0.05, 0.1) is 12.2 Å². The summed E-state index contributed by atoms with van der Waals surface area (Å²) in [6.45, 7) is 5.90. The van der Waals surface area contributed by atoms with Gasteiger partial charge in [-0.3, -0.25) is 24.6 Å². The summed E-state index contributed by atoms with van der Waals surface area (Å²) in [5, 5.41) is 2.36. The maximum absolute atomic E-state index is 14.2. The number of amides is 3. The highest BCUT2D eigenvalue weighted by molar-refractivity contribution is 6.07. The zero-order valence-electron chi connectivity index (χ0n) is 23.4. The molecule has 2 fully saturated rings.